The summed E-state index contributed by atoms with van der Waals surface area (Å²) in [6, 6.07) is 13.0. The lowest BCUT2D eigenvalue weighted by Gasteiger charge is -2.32. The number of nitrogens with zero attached hydrogens (tertiary/aromatic N) is 3. The van der Waals surface area contributed by atoms with Gasteiger partial charge >= 0.3 is 5.69 Å². The molecule has 0 radical (unpaired) electrons. The van der Waals surface area contributed by atoms with Crippen LogP contribution in [0, 0.1) is 11.6 Å². The summed E-state index contributed by atoms with van der Waals surface area (Å²) < 4.78 is 39.0. The van der Waals surface area contributed by atoms with Gasteiger partial charge in [0.1, 0.15) is 18.2 Å². The van der Waals surface area contributed by atoms with Gasteiger partial charge in [-0.05, 0) is 41.8 Å². The van der Waals surface area contributed by atoms with E-state index in [-0.39, 0.29) is 12.5 Å². The zero-order chi connectivity index (χ0) is 21.1. The van der Waals surface area contributed by atoms with Crippen LogP contribution < -0.4 is 20.1 Å². The molecule has 0 unspecified atom stereocenters. The van der Waals surface area contributed by atoms with Crippen molar-refractivity contribution in [2.75, 3.05) is 18.6 Å². The highest BCUT2D eigenvalue weighted by atomic mass is 19.2. The molecule has 1 aliphatic heterocycles. The average Bonchev–Trinajstić information content (AvgIpc) is 2.75. The van der Waals surface area contributed by atoms with Gasteiger partial charge in [0.2, 0.25) is 5.88 Å². The smallest absolute Gasteiger partial charge is 0.352 e. The SMILES string of the molecule is COc1cccc(CN2CCCn3c2cc(OCc2ccc(F)c(F)c2)nc3=O)c1. The van der Waals surface area contributed by atoms with Crippen molar-refractivity contribution in [1.29, 1.82) is 0 Å². The second-order valence-corrected chi connectivity index (χ2v) is 7.05. The highest BCUT2D eigenvalue weighted by molar-refractivity contribution is 5.45. The molecule has 0 bridgehead atoms. The molecule has 1 aromatic heterocycles. The van der Waals surface area contributed by atoms with Crippen LogP contribution in [0.3, 0.4) is 0 Å². The second-order valence-electron chi connectivity index (χ2n) is 7.05. The van der Waals surface area contributed by atoms with Gasteiger partial charge in [0, 0.05) is 25.7 Å². The van der Waals surface area contributed by atoms with E-state index in [1.807, 2.05) is 24.3 Å². The minimum atomic E-state index is -0.945. The maximum Gasteiger partial charge on any atom is 0.352 e. The molecule has 3 aromatic rings. The van der Waals surface area contributed by atoms with E-state index in [9.17, 15) is 13.6 Å². The van der Waals surface area contributed by atoms with Crippen molar-refractivity contribution < 1.29 is 18.3 Å². The van der Waals surface area contributed by atoms with Gasteiger partial charge in [0.15, 0.2) is 11.6 Å². The number of fused-ring (bicyclic) bond motifs is 1. The summed E-state index contributed by atoms with van der Waals surface area (Å²) in [4.78, 5) is 18.6. The first kappa shape index (κ1) is 19.9. The summed E-state index contributed by atoms with van der Waals surface area (Å²) >= 11 is 0. The first-order valence-electron chi connectivity index (χ1n) is 9.60. The predicted molar refractivity (Wildman–Crippen MR) is 108 cm³/mol. The van der Waals surface area contributed by atoms with E-state index < -0.39 is 17.3 Å². The van der Waals surface area contributed by atoms with E-state index >= 15 is 0 Å². The number of aromatic nitrogens is 2. The van der Waals surface area contributed by atoms with E-state index in [0.717, 1.165) is 36.4 Å². The van der Waals surface area contributed by atoms with Crippen molar-refractivity contribution in [2.24, 2.45) is 0 Å². The summed E-state index contributed by atoms with van der Waals surface area (Å²) in [5.74, 6) is -0.235. The zero-order valence-electron chi connectivity index (χ0n) is 16.5. The molecular weight excluding hydrogens is 392 g/mol. The number of hydrogen-bond donors (Lipinski definition) is 0. The number of methoxy groups -OCH3 is 1. The Morgan fingerprint density at radius 2 is 1.90 bits per heavy atom. The Balaban J connectivity index is 1.56. The van der Waals surface area contributed by atoms with E-state index in [2.05, 4.69) is 9.88 Å². The fourth-order valence-electron chi connectivity index (χ4n) is 3.49. The Hall–Kier alpha value is -3.42. The Morgan fingerprint density at radius 3 is 2.70 bits per heavy atom. The molecule has 30 heavy (non-hydrogen) atoms. The average molecular weight is 413 g/mol. The third-order valence-corrected chi connectivity index (χ3v) is 4.98. The van der Waals surface area contributed by atoms with Gasteiger partial charge in [-0.1, -0.05) is 18.2 Å². The van der Waals surface area contributed by atoms with Crippen LogP contribution in [-0.2, 0) is 19.7 Å². The maximum atomic E-state index is 13.4. The van der Waals surface area contributed by atoms with Gasteiger partial charge in [0.05, 0.1) is 7.11 Å². The van der Waals surface area contributed by atoms with Crippen LogP contribution in [0.25, 0.3) is 0 Å². The third kappa shape index (κ3) is 4.27. The molecule has 0 atom stereocenters. The molecular formula is C22H21F2N3O3. The second kappa shape index (κ2) is 8.52. The number of benzene rings is 2. The molecule has 0 aliphatic carbocycles. The van der Waals surface area contributed by atoms with Gasteiger partial charge in [-0.2, -0.15) is 4.98 Å². The first-order chi connectivity index (χ1) is 14.5. The normalized spacial score (nSPS) is 13.1. The monoisotopic (exact) mass is 413 g/mol. The van der Waals surface area contributed by atoms with Crippen LogP contribution in [0.5, 0.6) is 11.6 Å². The molecule has 0 fully saturated rings. The van der Waals surface area contributed by atoms with E-state index in [0.29, 0.717) is 24.5 Å². The Morgan fingerprint density at radius 1 is 1.03 bits per heavy atom. The fourth-order valence-corrected chi connectivity index (χ4v) is 3.49. The van der Waals surface area contributed by atoms with Crippen LogP contribution in [-0.4, -0.2) is 23.2 Å². The molecule has 0 N–H and O–H groups in total. The Kier molecular flexibility index (Phi) is 5.65. The molecule has 6 nitrogen and oxygen atoms in total. The molecule has 2 aromatic carbocycles. The molecule has 156 valence electrons. The molecule has 4 rings (SSSR count). The van der Waals surface area contributed by atoms with Gasteiger partial charge in [-0.3, -0.25) is 4.57 Å². The molecule has 0 saturated heterocycles. The molecule has 1 aliphatic rings. The van der Waals surface area contributed by atoms with Crippen LogP contribution in [0.4, 0.5) is 14.6 Å². The van der Waals surface area contributed by atoms with Crippen molar-refractivity contribution in [1.82, 2.24) is 9.55 Å². The largest absolute Gasteiger partial charge is 0.497 e. The molecule has 0 spiro atoms. The number of hydrogen-bond acceptors (Lipinski definition) is 5. The van der Waals surface area contributed by atoms with Crippen molar-refractivity contribution in [3.05, 3.63) is 81.8 Å². The van der Waals surface area contributed by atoms with Crippen molar-refractivity contribution in [2.45, 2.75) is 26.1 Å². The van der Waals surface area contributed by atoms with Crippen LogP contribution in [0.1, 0.15) is 17.5 Å². The van der Waals surface area contributed by atoms with E-state index in [1.54, 1.807) is 17.7 Å². The van der Waals surface area contributed by atoms with Crippen LogP contribution >= 0.6 is 0 Å². The topological polar surface area (TPSA) is 56.6 Å². The van der Waals surface area contributed by atoms with Crippen LogP contribution in [0.2, 0.25) is 0 Å². The maximum absolute atomic E-state index is 13.4. The molecule has 2 heterocycles. The van der Waals surface area contributed by atoms with Gasteiger partial charge in [0.25, 0.3) is 0 Å². The summed E-state index contributed by atoms with van der Waals surface area (Å²) in [6.45, 7) is 1.94. The minimum absolute atomic E-state index is 0.0248. The quantitative estimate of drug-likeness (QED) is 0.619. The number of ether oxygens (including phenoxy) is 2. The summed E-state index contributed by atoms with van der Waals surface area (Å²) in [5.41, 5.74) is 1.10. The van der Waals surface area contributed by atoms with Crippen molar-refractivity contribution in [3.63, 3.8) is 0 Å². The minimum Gasteiger partial charge on any atom is -0.497 e. The van der Waals surface area contributed by atoms with Crippen LogP contribution in [0.15, 0.2) is 53.3 Å². The predicted octanol–water partition coefficient (Wildman–Crippen LogP) is 3.52. The molecule has 0 saturated carbocycles. The Bertz CT molecular complexity index is 1120. The van der Waals surface area contributed by atoms with E-state index in [4.69, 9.17) is 9.47 Å². The zero-order valence-corrected chi connectivity index (χ0v) is 16.5. The molecule has 0 amide bonds. The highest BCUT2D eigenvalue weighted by Crippen LogP contribution is 2.25. The lowest BCUT2D eigenvalue weighted by molar-refractivity contribution is 0.289. The Labute approximate surface area is 172 Å². The number of rotatable bonds is 6. The highest BCUT2D eigenvalue weighted by Gasteiger charge is 2.20. The van der Waals surface area contributed by atoms with Crippen molar-refractivity contribution in [3.8, 4) is 11.6 Å². The summed E-state index contributed by atoms with van der Waals surface area (Å²) in [6.07, 6.45) is 0.827. The molecule has 8 heteroatoms. The van der Waals surface area contributed by atoms with Gasteiger partial charge in [-0.25, -0.2) is 13.6 Å². The first-order valence-corrected chi connectivity index (χ1v) is 9.60. The fraction of sp³-hybridized carbons (Fsp3) is 0.273. The van der Waals surface area contributed by atoms with E-state index in [1.165, 1.54) is 6.07 Å². The van der Waals surface area contributed by atoms with Gasteiger partial charge in [-0.15, -0.1) is 0 Å². The third-order valence-electron chi connectivity index (χ3n) is 4.98. The number of anilines is 1. The number of halogens is 2. The summed E-state index contributed by atoms with van der Waals surface area (Å²) in [7, 11) is 1.62. The van der Waals surface area contributed by atoms with Gasteiger partial charge < -0.3 is 14.4 Å². The van der Waals surface area contributed by atoms with Crippen molar-refractivity contribution >= 4 is 5.82 Å². The summed E-state index contributed by atoms with van der Waals surface area (Å²) in [5, 5.41) is 0. The lowest BCUT2D eigenvalue weighted by Crippen LogP contribution is -2.38. The standard InChI is InChI=1S/C22H21F2N3O3/c1-29-17-5-2-4-15(10-17)13-26-8-3-9-27-21(26)12-20(25-22(27)28)30-14-16-6-7-18(23)19(24)11-16/h2,4-7,10-12H,3,8-9,13-14H2,1H3. The lowest BCUT2D eigenvalue weighted by atomic mass is 10.2.